The molecule has 2 aliphatic heterocycles. The Bertz CT molecular complexity index is 1430. The number of allylic oxidation sites excluding steroid dienone is 2. The van der Waals surface area contributed by atoms with Crippen LogP contribution in [0.2, 0.25) is 0 Å². The number of halogens is 3. The van der Waals surface area contributed by atoms with Crippen LogP contribution in [0.25, 0.3) is 0 Å². The smallest absolute Gasteiger partial charge is 0.258 e. The Kier molecular flexibility index (Phi) is 5.14. The molecule has 0 bridgehead atoms. The highest BCUT2D eigenvalue weighted by molar-refractivity contribution is 6.58. The van der Waals surface area contributed by atoms with Crippen LogP contribution in [0.3, 0.4) is 0 Å². The van der Waals surface area contributed by atoms with Gasteiger partial charge in [0.05, 0.1) is 17.5 Å². The number of hydrogen-bond donors (Lipinski definition) is 1. The molecule has 7 nitrogen and oxygen atoms in total. The zero-order valence-corrected chi connectivity index (χ0v) is 21.0. The number of imide groups is 2. The van der Waals surface area contributed by atoms with E-state index in [1.54, 1.807) is 24.3 Å². The van der Waals surface area contributed by atoms with E-state index in [1.807, 2.05) is 0 Å². The zero-order valence-electron chi connectivity index (χ0n) is 19.5. The van der Waals surface area contributed by atoms with Crippen molar-refractivity contribution in [3.05, 3.63) is 71.6 Å². The summed E-state index contributed by atoms with van der Waals surface area (Å²) in [5.74, 6) is -6.11. The standard InChI is InChI=1S/C27H21Cl2FN2O5/c1-31-22(34)17-11-10-15-18(20(17)23(31)35)12-26(28)24(36)32(14-8-6-13(30)7-9-14)25(37)27(26,29)21(15)16-4-2-3-5-19(16)33/h2-10,17-18,20-21,33H,11-12H2,1H3/t17-,18+,20-,21+,26+,27-/m0/s1. The number of aromatic hydroxyl groups is 1. The first-order valence-electron chi connectivity index (χ1n) is 11.8. The Labute approximate surface area is 221 Å². The summed E-state index contributed by atoms with van der Waals surface area (Å²) in [5.41, 5.74) is 0.973. The zero-order chi connectivity index (χ0) is 26.4. The number of phenolic OH excluding ortho intramolecular Hbond substituents is 1. The molecule has 2 aromatic carbocycles. The Hall–Kier alpha value is -3.23. The first-order valence-corrected chi connectivity index (χ1v) is 12.6. The molecule has 6 rings (SSSR count). The lowest BCUT2D eigenvalue weighted by Gasteiger charge is -2.50. The highest BCUT2D eigenvalue weighted by atomic mass is 35.5. The van der Waals surface area contributed by atoms with Crippen LogP contribution in [-0.2, 0) is 19.2 Å². The number of nitrogens with zero attached hydrogens (tertiary/aromatic N) is 2. The number of carbonyl (C=O) groups is 4. The minimum absolute atomic E-state index is 0.101. The molecule has 37 heavy (non-hydrogen) atoms. The number of likely N-dealkylation sites (tertiary alicyclic amines) is 1. The molecule has 190 valence electrons. The van der Waals surface area contributed by atoms with Crippen LogP contribution in [0, 0.1) is 23.6 Å². The summed E-state index contributed by atoms with van der Waals surface area (Å²) in [4.78, 5) is 51.9. The monoisotopic (exact) mass is 542 g/mol. The second kappa shape index (κ2) is 7.88. The number of alkyl halides is 2. The maximum Gasteiger partial charge on any atom is 0.258 e. The molecule has 0 aromatic heterocycles. The predicted molar refractivity (Wildman–Crippen MR) is 132 cm³/mol. The number of carbonyl (C=O) groups excluding carboxylic acids is 4. The summed E-state index contributed by atoms with van der Waals surface area (Å²) >= 11 is 14.4. The Morgan fingerprint density at radius 1 is 0.946 bits per heavy atom. The molecule has 10 heteroatoms. The third-order valence-electron chi connectivity index (χ3n) is 8.36. The van der Waals surface area contributed by atoms with Crippen LogP contribution in [0.15, 0.2) is 60.2 Å². The molecule has 0 radical (unpaired) electrons. The van der Waals surface area contributed by atoms with Crippen LogP contribution < -0.4 is 4.90 Å². The van der Waals surface area contributed by atoms with Gasteiger partial charge < -0.3 is 5.11 Å². The van der Waals surface area contributed by atoms with Crippen molar-refractivity contribution in [1.29, 1.82) is 0 Å². The summed E-state index contributed by atoms with van der Waals surface area (Å²) in [7, 11) is 1.43. The molecule has 1 N–H and O–H groups in total. The molecule has 2 aromatic rings. The van der Waals surface area contributed by atoms with Gasteiger partial charge in [0.1, 0.15) is 11.6 Å². The molecule has 2 saturated heterocycles. The molecule has 4 amide bonds. The van der Waals surface area contributed by atoms with Crippen LogP contribution in [0.4, 0.5) is 10.1 Å². The minimum Gasteiger partial charge on any atom is -0.508 e. The van der Waals surface area contributed by atoms with Crippen LogP contribution in [0.5, 0.6) is 5.75 Å². The molecule has 0 spiro atoms. The number of fused-ring (bicyclic) bond motifs is 4. The van der Waals surface area contributed by atoms with E-state index < -0.39 is 51.1 Å². The van der Waals surface area contributed by atoms with Gasteiger partial charge in [-0.15, -0.1) is 23.2 Å². The summed E-state index contributed by atoms with van der Waals surface area (Å²) in [5, 5.41) is 10.9. The quantitative estimate of drug-likeness (QED) is 0.354. The van der Waals surface area contributed by atoms with Gasteiger partial charge in [-0.05, 0) is 49.1 Å². The third-order valence-corrected chi connectivity index (χ3v) is 9.78. The average molecular weight is 543 g/mol. The van der Waals surface area contributed by atoms with Crippen molar-refractivity contribution in [2.24, 2.45) is 17.8 Å². The van der Waals surface area contributed by atoms with Gasteiger partial charge in [-0.2, -0.15) is 0 Å². The molecular weight excluding hydrogens is 522 g/mol. The number of phenols is 1. The molecule has 1 saturated carbocycles. The van der Waals surface area contributed by atoms with Crippen molar-refractivity contribution in [1.82, 2.24) is 4.90 Å². The highest BCUT2D eigenvalue weighted by Crippen LogP contribution is 2.66. The van der Waals surface area contributed by atoms with Crippen molar-refractivity contribution in [2.45, 2.75) is 28.5 Å². The molecule has 3 fully saturated rings. The number of benzene rings is 2. The predicted octanol–water partition coefficient (Wildman–Crippen LogP) is 3.72. The summed E-state index contributed by atoms with van der Waals surface area (Å²) < 4.78 is 13.6. The van der Waals surface area contributed by atoms with Crippen LogP contribution in [-0.4, -0.2) is 50.4 Å². The average Bonchev–Trinajstić information content (AvgIpc) is 3.18. The van der Waals surface area contributed by atoms with Gasteiger partial charge >= 0.3 is 0 Å². The molecule has 2 aliphatic carbocycles. The van der Waals surface area contributed by atoms with E-state index in [2.05, 4.69) is 0 Å². The van der Waals surface area contributed by atoms with E-state index in [1.165, 1.54) is 25.2 Å². The molecule has 0 unspecified atom stereocenters. The van der Waals surface area contributed by atoms with Crippen LogP contribution >= 0.6 is 23.2 Å². The largest absolute Gasteiger partial charge is 0.508 e. The lowest BCUT2D eigenvalue weighted by atomic mass is 9.56. The lowest BCUT2D eigenvalue weighted by Crippen LogP contribution is -2.60. The number of anilines is 1. The number of para-hydroxylation sites is 1. The molecule has 4 aliphatic rings. The first-order chi connectivity index (χ1) is 17.5. The van der Waals surface area contributed by atoms with Gasteiger partial charge in [0.2, 0.25) is 11.8 Å². The van der Waals surface area contributed by atoms with E-state index in [9.17, 15) is 28.7 Å². The van der Waals surface area contributed by atoms with E-state index in [0.29, 0.717) is 5.57 Å². The number of hydrogen-bond acceptors (Lipinski definition) is 5. The molecule has 2 heterocycles. The van der Waals surface area contributed by atoms with Gasteiger partial charge in [0.15, 0.2) is 9.75 Å². The maximum atomic E-state index is 14.1. The van der Waals surface area contributed by atoms with Gasteiger partial charge in [-0.25, -0.2) is 9.29 Å². The SMILES string of the molecule is CN1C(=O)[C@H]2[C@H](CC=C3[C@H]2C[C@@]2(Cl)C(=O)N(c4ccc(F)cc4)C(=O)[C@@]2(Cl)[C@H]3c2ccccc2O)C1=O. The Balaban J connectivity index is 1.58. The lowest BCUT2D eigenvalue weighted by molar-refractivity contribution is -0.138. The molecular formula is C27H21Cl2FN2O5. The number of amides is 4. The van der Waals surface area contributed by atoms with Crippen molar-refractivity contribution in [3.8, 4) is 5.75 Å². The fourth-order valence-electron chi connectivity index (χ4n) is 6.63. The van der Waals surface area contributed by atoms with E-state index in [4.69, 9.17) is 23.2 Å². The van der Waals surface area contributed by atoms with Crippen LogP contribution in [0.1, 0.15) is 24.3 Å². The third kappa shape index (κ3) is 2.94. The topological polar surface area (TPSA) is 95.0 Å². The normalized spacial score (nSPS) is 34.9. The van der Waals surface area contributed by atoms with Gasteiger partial charge in [-0.3, -0.25) is 24.1 Å². The second-order valence-electron chi connectivity index (χ2n) is 10.0. The minimum atomic E-state index is -2.06. The highest BCUT2D eigenvalue weighted by Gasteiger charge is 2.76. The van der Waals surface area contributed by atoms with Crippen molar-refractivity contribution in [3.63, 3.8) is 0 Å². The summed E-state index contributed by atoms with van der Waals surface area (Å²) in [6, 6.07) is 11.1. The van der Waals surface area contributed by atoms with E-state index in [-0.39, 0.29) is 41.7 Å². The first kappa shape index (κ1) is 24.1. The van der Waals surface area contributed by atoms with Gasteiger partial charge in [0, 0.05) is 18.5 Å². The Morgan fingerprint density at radius 3 is 2.30 bits per heavy atom. The van der Waals surface area contributed by atoms with Gasteiger partial charge in [-0.1, -0.05) is 29.8 Å². The fourth-order valence-corrected chi connectivity index (χ4v) is 7.56. The van der Waals surface area contributed by atoms with E-state index >= 15 is 0 Å². The molecule has 6 atom stereocenters. The van der Waals surface area contributed by atoms with Crippen molar-refractivity contribution in [2.75, 3.05) is 11.9 Å². The maximum absolute atomic E-state index is 14.1. The fraction of sp³-hybridized carbons (Fsp3) is 0.333. The second-order valence-corrected chi connectivity index (χ2v) is 11.3. The van der Waals surface area contributed by atoms with Gasteiger partial charge in [0.25, 0.3) is 11.8 Å². The Morgan fingerprint density at radius 2 is 1.62 bits per heavy atom. The number of rotatable bonds is 2. The summed E-state index contributed by atoms with van der Waals surface area (Å²) in [6.45, 7) is 0. The van der Waals surface area contributed by atoms with Crippen molar-refractivity contribution >= 4 is 52.5 Å². The summed E-state index contributed by atoms with van der Waals surface area (Å²) in [6.07, 6.45) is 1.89. The van der Waals surface area contributed by atoms with Crippen molar-refractivity contribution < 1.29 is 28.7 Å². The van der Waals surface area contributed by atoms with E-state index in [0.717, 1.165) is 21.9 Å².